The molecule has 2 rings (SSSR count). The summed E-state index contributed by atoms with van der Waals surface area (Å²) < 4.78 is 32.0. The van der Waals surface area contributed by atoms with E-state index in [1.807, 2.05) is 25.1 Å². The fourth-order valence-corrected chi connectivity index (χ4v) is 3.99. The largest absolute Gasteiger partial charge is 0.360 e. The van der Waals surface area contributed by atoms with Gasteiger partial charge in [0.1, 0.15) is 5.69 Å². The van der Waals surface area contributed by atoms with Crippen molar-refractivity contribution in [3.8, 4) is 0 Å². The SMILES string of the molecule is CCN(c1cccc(C)c1)S(=O)(=O)c1c(C)noc1C. The summed E-state index contributed by atoms with van der Waals surface area (Å²) in [4.78, 5) is 0.154. The first kappa shape index (κ1) is 14.6. The molecule has 0 N–H and O–H groups in total. The molecule has 0 saturated heterocycles. The molecule has 1 heterocycles. The molecule has 0 bridgehead atoms. The van der Waals surface area contributed by atoms with E-state index in [1.165, 1.54) is 4.31 Å². The van der Waals surface area contributed by atoms with Crippen LogP contribution in [0.2, 0.25) is 0 Å². The number of anilines is 1. The van der Waals surface area contributed by atoms with Crippen molar-refractivity contribution in [1.82, 2.24) is 5.16 Å². The van der Waals surface area contributed by atoms with E-state index in [0.29, 0.717) is 23.7 Å². The lowest BCUT2D eigenvalue weighted by atomic mass is 10.2. The molecule has 0 unspecified atom stereocenters. The predicted octanol–water partition coefficient (Wildman–Crippen LogP) is 2.82. The van der Waals surface area contributed by atoms with Crippen molar-refractivity contribution in [3.05, 3.63) is 41.3 Å². The summed E-state index contributed by atoms with van der Waals surface area (Å²) in [6.07, 6.45) is 0. The Morgan fingerprint density at radius 3 is 2.45 bits per heavy atom. The average molecular weight is 294 g/mol. The Bertz CT molecular complexity index is 700. The molecule has 2 aromatic rings. The lowest BCUT2D eigenvalue weighted by Crippen LogP contribution is -2.31. The highest BCUT2D eigenvalue weighted by molar-refractivity contribution is 7.93. The van der Waals surface area contributed by atoms with Crippen molar-refractivity contribution in [3.63, 3.8) is 0 Å². The Kier molecular flexibility index (Phi) is 3.85. The molecular formula is C14H18N2O3S. The van der Waals surface area contributed by atoms with E-state index in [4.69, 9.17) is 4.52 Å². The molecule has 0 amide bonds. The maximum absolute atomic E-state index is 12.8. The number of rotatable bonds is 4. The second-order valence-electron chi connectivity index (χ2n) is 4.66. The zero-order valence-electron chi connectivity index (χ0n) is 12.0. The van der Waals surface area contributed by atoms with Crippen LogP contribution < -0.4 is 4.31 Å². The summed E-state index contributed by atoms with van der Waals surface area (Å²) in [5.41, 5.74) is 2.04. The molecule has 6 heteroatoms. The van der Waals surface area contributed by atoms with Gasteiger partial charge in [0.15, 0.2) is 10.7 Å². The van der Waals surface area contributed by atoms with Crippen LogP contribution in [0.1, 0.15) is 23.9 Å². The van der Waals surface area contributed by atoms with E-state index in [2.05, 4.69) is 5.16 Å². The molecule has 1 aromatic heterocycles. The number of aryl methyl sites for hydroxylation is 3. The molecule has 1 aromatic carbocycles. The lowest BCUT2D eigenvalue weighted by molar-refractivity contribution is 0.390. The summed E-state index contributed by atoms with van der Waals surface area (Å²) in [6, 6.07) is 7.40. The minimum Gasteiger partial charge on any atom is -0.360 e. The molecule has 0 saturated carbocycles. The topological polar surface area (TPSA) is 63.4 Å². The monoisotopic (exact) mass is 294 g/mol. The van der Waals surface area contributed by atoms with Crippen LogP contribution in [0.4, 0.5) is 5.69 Å². The average Bonchev–Trinajstić information content (AvgIpc) is 2.70. The Labute approximate surface area is 119 Å². The molecule has 0 fully saturated rings. The maximum Gasteiger partial charge on any atom is 0.269 e. The van der Waals surface area contributed by atoms with Gasteiger partial charge in [0, 0.05) is 6.54 Å². The molecule has 0 aliphatic rings. The van der Waals surface area contributed by atoms with Crippen LogP contribution in [-0.2, 0) is 10.0 Å². The van der Waals surface area contributed by atoms with Gasteiger partial charge in [0.05, 0.1) is 5.69 Å². The third-order valence-electron chi connectivity index (χ3n) is 3.09. The fraction of sp³-hybridized carbons (Fsp3) is 0.357. The van der Waals surface area contributed by atoms with Crippen molar-refractivity contribution in [2.24, 2.45) is 0 Å². The van der Waals surface area contributed by atoms with E-state index in [0.717, 1.165) is 5.56 Å². The molecular weight excluding hydrogens is 276 g/mol. The molecule has 20 heavy (non-hydrogen) atoms. The van der Waals surface area contributed by atoms with Crippen LogP contribution >= 0.6 is 0 Å². The highest BCUT2D eigenvalue weighted by Crippen LogP contribution is 2.28. The summed E-state index contributed by atoms with van der Waals surface area (Å²) >= 11 is 0. The van der Waals surface area contributed by atoms with Crippen molar-refractivity contribution >= 4 is 15.7 Å². The number of benzene rings is 1. The minimum absolute atomic E-state index is 0.154. The van der Waals surface area contributed by atoms with Gasteiger partial charge in [-0.1, -0.05) is 17.3 Å². The molecule has 0 radical (unpaired) electrons. The second kappa shape index (κ2) is 5.28. The summed E-state index contributed by atoms with van der Waals surface area (Å²) in [5, 5.41) is 3.73. The number of hydrogen-bond donors (Lipinski definition) is 0. The van der Waals surface area contributed by atoms with Crippen LogP contribution in [0.5, 0.6) is 0 Å². The van der Waals surface area contributed by atoms with E-state index in [9.17, 15) is 8.42 Å². The number of hydrogen-bond acceptors (Lipinski definition) is 4. The highest BCUT2D eigenvalue weighted by atomic mass is 32.2. The van der Waals surface area contributed by atoms with Crippen molar-refractivity contribution < 1.29 is 12.9 Å². The third-order valence-corrected chi connectivity index (χ3v) is 5.24. The fourth-order valence-electron chi connectivity index (χ4n) is 2.23. The summed E-state index contributed by atoms with van der Waals surface area (Å²) in [7, 11) is -3.66. The van der Waals surface area contributed by atoms with Gasteiger partial charge in [0.2, 0.25) is 0 Å². The van der Waals surface area contributed by atoms with Crippen LogP contribution in [0, 0.1) is 20.8 Å². The second-order valence-corrected chi connectivity index (χ2v) is 6.46. The minimum atomic E-state index is -3.66. The third kappa shape index (κ3) is 2.43. The molecule has 0 aliphatic carbocycles. The van der Waals surface area contributed by atoms with Gasteiger partial charge in [-0.15, -0.1) is 0 Å². The Morgan fingerprint density at radius 1 is 1.25 bits per heavy atom. The first-order valence-electron chi connectivity index (χ1n) is 6.40. The zero-order valence-corrected chi connectivity index (χ0v) is 12.9. The van der Waals surface area contributed by atoms with Crippen LogP contribution in [-0.4, -0.2) is 20.1 Å². The number of nitrogens with zero attached hydrogens (tertiary/aromatic N) is 2. The first-order valence-corrected chi connectivity index (χ1v) is 7.84. The number of sulfonamides is 1. The van der Waals surface area contributed by atoms with Gasteiger partial charge >= 0.3 is 0 Å². The molecule has 0 aliphatic heterocycles. The highest BCUT2D eigenvalue weighted by Gasteiger charge is 2.30. The van der Waals surface area contributed by atoms with Gasteiger partial charge < -0.3 is 4.52 Å². The maximum atomic E-state index is 12.8. The van der Waals surface area contributed by atoms with E-state index >= 15 is 0 Å². The molecule has 5 nitrogen and oxygen atoms in total. The van der Waals surface area contributed by atoms with Gasteiger partial charge in [-0.3, -0.25) is 4.31 Å². The lowest BCUT2D eigenvalue weighted by Gasteiger charge is -2.23. The molecule has 108 valence electrons. The van der Waals surface area contributed by atoms with E-state index in [1.54, 1.807) is 26.8 Å². The molecule has 0 atom stereocenters. The number of aromatic nitrogens is 1. The van der Waals surface area contributed by atoms with Gasteiger partial charge in [-0.05, 0) is 45.4 Å². The van der Waals surface area contributed by atoms with Crippen molar-refractivity contribution in [1.29, 1.82) is 0 Å². The van der Waals surface area contributed by atoms with E-state index < -0.39 is 10.0 Å². The smallest absolute Gasteiger partial charge is 0.269 e. The normalized spacial score (nSPS) is 11.6. The quantitative estimate of drug-likeness (QED) is 0.870. The van der Waals surface area contributed by atoms with Gasteiger partial charge in [-0.25, -0.2) is 8.42 Å². The van der Waals surface area contributed by atoms with E-state index in [-0.39, 0.29) is 4.90 Å². The Hall–Kier alpha value is -1.82. The van der Waals surface area contributed by atoms with Crippen LogP contribution in [0.25, 0.3) is 0 Å². The van der Waals surface area contributed by atoms with Crippen LogP contribution in [0.3, 0.4) is 0 Å². The van der Waals surface area contributed by atoms with Crippen LogP contribution in [0.15, 0.2) is 33.7 Å². The standard InChI is InChI=1S/C14H18N2O3S/c1-5-16(13-8-6-7-10(2)9-13)20(17,18)14-11(3)15-19-12(14)4/h6-9H,5H2,1-4H3. The summed E-state index contributed by atoms with van der Waals surface area (Å²) in [5.74, 6) is 0.314. The van der Waals surface area contributed by atoms with Gasteiger partial charge in [-0.2, -0.15) is 0 Å². The zero-order chi connectivity index (χ0) is 14.9. The molecule has 0 spiro atoms. The van der Waals surface area contributed by atoms with Crippen molar-refractivity contribution in [2.45, 2.75) is 32.6 Å². The Morgan fingerprint density at radius 2 is 1.95 bits per heavy atom. The Balaban J connectivity index is 2.57. The first-order chi connectivity index (χ1) is 9.37. The predicted molar refractivity (Wildman–Crippen MR) is 77.4 cm³/mol. The van der Waals surface area contributed by atoms with Crippen molar-refractivity contribution in [2.75, 3.05) is 10.8 Å². The van der Waals surface area contributed by atoms with Gasteiger partial charge in [0.25, 0.3) is 10.0 Å². The summed E-state index contributed by atoms with van der Waals surface area (Å²) in [6.45, 7) is 7.32.